The van der Waals surface area contributed by atoms with E-state index in [0.717, 1.165) is 36.6 Å². The van der Waals surface area contributed by atoms with Crippen LogP contribution in [0.2, 0.25) is 0 Å². The Labute approximate surface area is 294 Å². The van der Waals surface area contributed by atoms with Crippen LogP contribution in [0.1, 0.15) is 70.6 Å². The quantitative estimate of drug-likeness (QED) is 0.0231. The van der Waals surface area contributed by atoms with Gasteiger partial charge < -0.3 is 22.5 Å². The van der Waals surface area contributed by atoms with E-state index < -0.39 is 73.3 Å². The molecule has 0 heterocycles. The molecular formula is C29H48N4O14S3. The van der Waals surface area contributed by atoms with E-state index in [0.29, 0.717) is 19.5 Å². The monoisotopic (exact) mass is 772 g/mol. The number of hydrogen-bond acceptors (Lipinski definition) is 13. The van der Waals surface area contributed by atoms with Crippen LogP contribution < -0.4 is 15.7 Å². The molecule has 0 fully saturated rings. The van der Waals surface area contributed by atoms with Gasteiger partial charge in [0.15, 0.2) is 11.8 Å². The molecule has 0 spiro atoms. The van der Waals surface area contributed by atoms with E-state index in [1.54, 1.807) is 25.7 Å². The van der Waals surface area contributed by atoms with Crippen LogP contribution in [0.5, 0.6) is 5.75 Å². The number of allylic oxidation sites excluding steroid dienone is 3. The molecule has 3 atom stereocenters. The number of nitrogens with two attached hydrogens (primary N) is 2. The van der Waals surface area contributed by atoms with Crippen molar-refractivity contribution < 1.29 is 70.1 Å². The Morgan fingerprint density at radius 3 is 2.14 bits per heavy atom. The molecule has 3 unspecified atom stereocenters. The number of benzene rings is 1. The second kappa shape index (κ2) is 18.9. The molecule has 5 N–H and O–H groups in total. The number of ether oxygens (including phenoxy) is 1. The van der Waals surface area contributed by atoms with Crippen LogP contribution >= 0.6 is 0 Å². The fraction of sp³-hybridized carbons (Fsp3) is 0.586. The fourth-order valence-electron chi connectivity index (χ4n) is 4.65. The summed E-state index contributed by atoms with van der Waals surface area (Å²) in [7, 11) is -10.7. The molecule has 1 aromatic carbocycles. The Kier molecular flexibility index (Phi) is 17.0. The van der Waals surface area contributed by atoms with Gasteiger partial charge in [-0.1, -0.05) is 29.4 Å². The van der Waals surface area contributed by atoms with Gasteiger partial charge in [0.05, 0.1) is 40.8 Å². The largest absolute Gasteiger partial charge is 0.726 e. The van der Waals surface area contributed by atoms with E-state index in [1.165, 1.54) is 12.5 Å². The number of guanidine groups is 1. The van der Waals surface area contributed by atoms with Crippen LogP contribution in [-0.4, -0.2) is 106 Å². The average molecular weight is 773 g/mol. The summed E-state index contributed by atoms with van der Waals surface area (Å²) in [5.41, 5.74) is 13.5. The SMILES string of the molecule is CC(C)=CCC/C(C)=C/C[N+](CCCC(C(=O)OC(C)C(OS(=O)(=O)[O-])c1ccc(OS(=O)(=O)O)c(COS(=O)(=O)[O-])c1)[N+](C)(C)C)=C(N)N. The molecule has 0 bridgehead atoms. The summed E-state index contributed by atoms with van der Waals surface area (Å²) in [4.78, 5) is 13.5. The molecule has 0 radical (unpaired) electrons. The smallest absolute Gasteiger partial charge is 0.446 e. The van der Waals surface area contributed by atoms with Gasteiger partial charge in [0.2, 0.25) is 20.8 Å². The lowest BCUT2D eigenvalue weighted by atomic mass is 10.0. The number of carbonyl (C=O) groups is 1. The predicted octanol–water partition coefficient (Wildman–Crippen LogP) is 1.13. The minimum atomic E-state index is -5.47. The lowest BCUT2D eigenvalue weighted by Crippen LogP contribution is -2.51. The van der Waals surface area contributed by atoms with Crippen molar-refractivity contribution >= 4 is 43.1 Å². The number of esters is 1. The van der Waals surface area contributed by atoms with Crippen molar-refractivity contribution in [2.24, 2.45) is 11.5 Å². The van der Waals surface area contributed by atoms with Crippen molar-refractivity contribution in [2.45, 2.75) is 78.2 Å². The predicted molar refractivity (Wildman–Crippen MR) is 179 cm³/mol. The highest BCUT2D eigenvalue weighted by atomic mass is 32.3. The van der Waals surface area contributed by atoms with Crippen molar-refractivity contribution in [3.8, 4) is 5.75 Å². The van der Waals surface area contributed by atoms with Gasteiger partial charge in [0.25, 0.3) is 0 Å². The third-order valence-electron chi connectivity index (χ3n) is 7.15. The summed E-state index contributed by atoms with van der Waals surface area (Å²) in [5.74, 6) is -1.40. The van der Waals surface area contributed by atoms with E-state index >= 15 is 0 Å². The Balaban J connectivity index is 3.28. The molecule has 0 amide bonds. The van der Waals surface area contributed by atoms with Gasteiger partial charge >= 0.3 is 22.3 Å². The molecule has 0 saturated heterocycles. The molecule has 0 aliphatic carbocycles. The summed E-state index contributed by atoms with van der Waals surface area (Å²) in [6, 6.07) is 1.89. The highest BCUT2D eigenvalue weighted by molar-refractivity contribution is 7.81. The molecule has 0 aliphatic rings. The van der Waals surface area contributed by atoms with Gasteiger partial charge in [-0.05, 0) is 64.7 Å². The molecule has 50 heavy (non-hydrogen) atoms. The third-order valence-corrected chi connectivity index (χ3v) is 8.39. The molecule has 286 valence electrons. The second-order valence-corrected chi connectivity index (χ2v) is 15.7. The average Bonchev–Trinajstić information content (AvgIpc) is 2.92. The maximum absolute atomic E-state index is 13.5. The van der Waals surface area contributed by atoms with E-state index in [9.17, 15) is 39.2 Å². The first-order chi connectivity index (χ1) is 22.7. The summed E-state index contributed by atoms with van der Waals surface area (Å²) in [6.07, 6.45) is 3.29. The summed E-state index contributed by atoms with van der Waals surface area (Å²) in [5, 5.41) is 0. The Bertz CT molecular complexity index is 1740. The molecule has 1 aromatic rings. The zero-order chi connectivity index (χ0) is 38.7. The maximum atomic E-state index is 13.5. The molecule has 21 heteroatoms. The number of likely N-dealkylation sites (N-methyl/N-ethyl adjacent to an activating group) is 1. The van der Waals surface area contributed by atoms with Crippen LogP contribution in [0.3, 0.4) is 0 Å². The first-order valence-electron chi connectivity index (χ1n) is 15.2. The van der Waals surface area contributed by atoms with Crippen molar-refractivity contribution in [3.05, 3.63) is 52.6 Å². The highest BCUT2D eigenvalue weighted by Gasteiger charge is 2.36. The number of quaternary nitrogens is 1. The van der Waals surface area contributed by atoms with Crippen molar-refractivity contribution in [1.29, 1.82) is 0 Å². The van der Waals surface area contributed by atoms with E-state index in [2.05, 4.69) is 18.6 Å². The van der Waals surface area contributed by atoms with Gasteiger partial charge in [0, 0.05) is 12.0 Å². The molecule has 0 saturated carbocycles. The summed E-state index contributed by atoms with van der Waals surface area (Å²) >= 11 is 0. The Morgan fingerprint density at radius 1 is 1.02 bits per heavy atom. The first kappa shape index (κ1) is 44.9. The number of carbonyl (C=O) groups excluding carboxylic acids is 1. The van der Waals surface area contributed by atoms with Crippen molar-refractivity contribution in [2.75, 3.05) is 34.2 Å². The van der Waals surface area contributed by atoms with Gasteiger partial charge in [-0.2, -0.15) is 8.42 Å². The first-order valence-corrected chi connectivity index (χ1v) is 19.2. The molecule has 1 rings (SSSR count). The summed E-state index contributed by atoms with van der Waals surface area (Å²) in [6.45, 7) is 7.00. The van der Waals surface area contributed by atoms with E-state index in [4.69, 9.17) is 20.8 Å². The van der Waals surface area contributed by atoms with E-state index in [1.807, 2.05) is 26.8 Å². The number of rotatable bonds is 21. The lowest BCUT2D eigenvalue weighted by Gasteiger charge is -2.34. The van der Waals surface area contributed by atoms with Crippen LogP contribution in [0.15, 0.2) is 41.5 Å². The van der Waals surface area contributed by atoms with Gasteiger partial charge in [-0.15, -0.1) is 0 Å². The van der Waals surface area contributed by atoms with Gasteiger partial charge in [0.1, 0.15) is 12.2 Å². The number of hydrogen-bond donors (Lipinski definition) is 3. The zero-order valence-corrected chi connectivity index (χ0v) is 31.5. The van der Waals surface area contributed by atoms with Gasteiger partial charge in [-0.25, -0.2) is 21.6 Å². The molecular weight excluding hydrogens is 725 g/mol. The zero-order valence-electron chi connectivity index (χ0n) is 29.1. The van der Waals surface area contributed by atoms with Crippen LogP contribution in [0.25, 0.3) is 0 Å². The minimum Gasteiger partial charge on any atom is -0.726 e. The van der Waals surface area contributed by atoms with Gasteiger partial charge in [-0.3, -0.25) is 29.0 Å². The fourth-order valence-corrected chi connectivity index (χ4v) is 5.84. The second-order valence-electron chi connectivity index (χ2n) is 12.6. The normalized spacial score (nSPS) is 14.7. The topological polar surface area (TPSA) is 278 Å². The molecule has 0 aromatic heterocycles. The Morgan fingerprint density at radius 2 is 1.64 bits per heavy atom. The minimum absolute atomic E-state index is 0.0783. The number of nitrogens with zero attached hydrogens (tertiary/aromatic N) is 2. The highest BCUT2D eigenvalue weighted by Crippen LogP contribution is 2.31. The van der Waals surface area contributed by atoms with Crippen molar-refractivity contribution in [3.63, 3.8) is 0 Å². The van der Waals surface area contributed by atoms with Crippen LogP contribution in [-0.2, 0) is 55.7 Å². The molecule has 18 nitrogen and oxygen atoms in total. The standard InChI is InChI=1S/C29H48N4O14S3/c1-20(2)10-8-11-21(3)15-17-32(29(30)31)16-9-12-25(33(5,6)7)28(34)45-22(4)27(47-50(41,42)43)23-13-14-26(46-49(38,39)40)24(18-23)19-44-48(35,36)37/h10,13-15,18,22,25,27H,8-9,11-12,16-17,19H2,1-7H3,(H5-,30,31,35,36,37,38,39,40,41,42,43)/b21-15+. The Hall–Kier alpha value is -3.15. The van der Waals surface area contributed by atoms with E-state index in [-0.39, 0.29) is 22.4 Å². The van der Waals surface area contributed by atoms with Crippen LogP contribution in [0, 0.1) is 0 Å². The molecule has 0 aliphatic heterocycles. The maximum Gasteiger partial charge on any atom is 0.446 e. The lowest BCUT2D eigenvalue weighted by molar-refractivity contribution is -0.887. The summed E-state index contributed by atoms with van der Waals surface area (Å²) < 4.78 is 120. The van der Waals surface area contributed by atoms with Crippen molar-refractivity contribution in [1.82, 2.24) is 0 Å². The third kappa shape index (κ3) is 18.2. The van der Waals surface area contributed by atoms with Crippen LogP contribution in [0.4, 0.5) is 0 Å².